The second-order valence-corrected chi connectivity index (χ2v) is 6.49. The van der Waals surface area contributed by atoms with Crippen LogP contribution in [0.15, 0.2) is 48.5 Å². The van der Waals surface area contributed by atoms with Gasteiger partial charge in [0.1, 0.15) is 5.75 Å². The summed E-state index contributed by atoms with van der Waals surface area (Å²) in [7, 11) is 0. The van der Waals surface area contributed by atoms with Crippen molar-refractivity contribution in [3.05, 3.63) is 54.1 Å². The van der Waals surface area contributed by atoms with Crippen LogP contribution in [0.5, 0.6) is 5.75 Å². The van der Waals surface area contributed by atoms with Crippen molar-refractivity contribution < 1.29 is 9.53 Å². The molecule has 2 aromatic carbocycles. The van der Waals surface area contributed by atoms with E-state index in [2.05, 4.69) is 10.6 Å². The highest BCUT2D eigenvalue weighted by molar-refractivity contribution is 6.06. The topological polar surface area (TPSA) is 50.4 Å². The van der Waals surface area contributed by atoms with E-state index >= 15 is 0 Å². The molecule has 1 aliphatic rings. The summed E-state index contributed by atoms with van der Waals surface area (Å²) in [5, 5.41) is 6.43. The average Bonchev–Trinajstić information content (AvgIpc) is 3.15. The van der Waals surface area contributed by atoms with E-state index in [1.807, 2.05) is 49.4 Å². The lowest BCUT2D eigenvalue weighted by molar-refractivity contribution is 0.102. The maximum atomic E-state index is 12.5. The molecule has 1 amide bonds. The molecule has 0 saturated heterocycles. The highest BCUT2D eigenvalue weighted by Gasteiger charge is 2.14. The summed E-state index contributed by atoms with van der Waals surface area (Å²) in [6, 6.07) is 15.2. The lowest BCUT2D eigenvalue weighted by Gasteiger charge is -2.13. The first-order chi connectivity index (χ1) is 12.3. The monoisotopic (exact) mass is 338 g/mol. The van der Waals surface area contributed by atoms with Crippen molar-refractivity contribution >= 4 is 17.3 Å². The van der Waals surface area contributed by atoms with Gasteiger partial charge in [-0.15, -0.1) is 0 Å². The van der Waals surface area contributed by atoms with E-state index < -0.39 is 0 Å². The van der Waals surface area contributed by atoms with E-state index in [0.717, 1.165) is 23.8 Å². The number of rotatable bonds is 7. The van der Waals surface area contributed by atoms with Gasteiger partial charge >= 0.3 is 0 Å². The second-order valence-electron chi connectivity index (χ2n) is 6.49. The number of hydrogen-bond donors (Lipinski definition) is 2. The minimum atomic E-state index is -0.157. The fourth-order valence-corrected chi connectivity index (χ4v) is 3.28. The number of carbonyl (C=O) groups excluding carboxylic acids is 1. The lowest BCUT2D eigenvalue weighted by atomic mass is 10.1. The summed E-state index contributed by atoms with van der Waals surface area (Å²) in [6.07, 6.45) is 5.39. The molecule has 0 aliphatic heterocycles. The fraction of sp³-hybridized carbons (Fsp3) is 0.381. The number of para-hydroxylation sites is 1. The first-order valence-corrected chi connectivity index (χ1v) is 9.13. The van der Waals surface area contributed by atoms with E-state index in [1.54, 1.807) is 6.07 Å². The Morgan fingerprint density at radius 1 is 1.04 bits per heavy atom. The molecule has 132 valence electrons. The van der Waals surface area contributed by atoms with Gasteiger partial charge in [-0.05, 0) is 62.1 Å². The van der Waals surface area contributed by atoms with Crippen molar-refractivity contribution in [3.63, 3.8) is 0 Å². The minimum Gasteiger partial charge on any atom is -0.493 e. The molecular formula is C21H26N2O2. The third kappa shape index (κ3) is 4.75. The van der Waals surface area contributed by atoms with Crippen LogP contribution < -0.4 is 15.4 Å². The molecule has 25 heavy (non-hydrogen) atoms. The summed E-state index contributed by atoms with van der Waals surface area (Å²) < 4.78 is 5.52. The van der Waals surface area contributed by atoms with Crippen molar-refractivity contribution in [1.29, 1.82) is 0 Å². The Balaban J connectivity index is 1.58. The zero-order valence-corrected chi connectivity index (χ0v) is 14.8. The number of hydrogen-bond acceptors (Lipinski definition) is 3. The standard InChI is InChI=1S/C21H26N2O2/c1-2-25-20-10-6-5-9-19(20)21(24)23-18-13-11-17(12-14-18)22-15-16-7-3-4-8-16/h5-6,9-14,16,22H,2-4,7-8,15H2,1H3,(H,23,24). The van der Waals surface area contributed by atoms with E-state index in [0.29, 0.717) is 17.9 Å². The van der Waals surface area contributed by atoms with E-state index in [4.69, 9.17) is 4.74 Å². The first-order valence-electron chi connectivity index (χ1n) is 9.13. The molecular weight excluding hydrogens is 312 g/mol. The third-order valence-corrected chi connectivity index (χ3v) is 4.64. The summed E-state index contributed by atoms with van der Waals surface area (Å²) in [6.45, 7) is 3.48. The Morgan fingerprint density at radius 2 is 1.72 bits per heavy atom. The van der Waals surface area contributed by atoms with E-state index in [1.165, 1.54) is 25.7 Å². The molecule has 3 rings (SSSR count). The smallest absolute Gasteiger partial charge is 0.259 e. The summed E-state index contributed by atoms with van der Waals surface area (Å²) >= 11 is 0. The average molecular weight is 338 g/mol. The summed E-state index contributed by atoms with van der Waals surface area (Å²) in [4.78, 5) is 12.5. The summed E-state index contributed by atoms with van der Waals surface area (Å²) in [5.41, 5.74) is 2.43. The summed E-state index contributed by atoms with van der Waals surface area (Å²) in [5.74, 6) is 1.25. The molecule has 0 radical (unpaired) electrons. The molecule has 1 aliphatic carbocycles. The molecule has 0 bridgehead atoms. The highest BCUT2D eigenvalue weighted by atomic mass is 16.5. The van der Waals surface area contributed by atoms with Crippen LogP contribution in [-0.4, -0.2) is 19.1 Å². The molecule has 1 saturated carbocycles. The van der Waals surface area contributed by atoms with Crippen LogP contribution in [-0.2, 0) is 0 Å². The molecule has 4 nitrogen and oxygen atoms in total. The fourth-order valence-electron chi connectivity index (χ4n) is 3.28. The molecule has 4 heteroatoms. The van der Waals surface area contributed by atoms with Gasteiger partial charge in [0.05, 0.1) is 12.2 Å². The van der Waals surface area contributed by atoms with Crippen LogP contribution in [0.1, 0.15) is 43.0 Å². The van der Waals surface area contributed by atoms with Crippen LogP contribution >= 0.6 is 0 Å². The van der Waals surface area contributed by atoms with Crippen molar-refractivity contribution in [2.45, 2.75) is 32.6 Å². The molecule has 0 heterocycles. The number of benzene rings is 2. The van der Waals surface area contributed by atoms with Gasteiger partial charge in [-0.3, -0.25) is 4.79 Å². The lowest BCUT2D eigenvalue weighted by Crippen LogP contribution is -2.14. The highest BCUT2D eigenvalue weighted by Crippen LogP contribution is 2.25. The van der Waals surface area contributed by atoms with Crippen LogP contribution in [0.4, 0.5) is 11.4 Å². The van der Waals surface area contributed by atoms with Crippen LogP contribution in [0.25, 0.3) is 0 Å². The second kappa shape index (κ2) is 8.56. The van der Waals surface area contributed by atoms with Gasteiger partial charge < -0.3 is 15.4 Å². The number of amides is 1. The SMILES string of the molecule is CCOc1ccccc1C(=O)Nc1ccc(NCC2CCCC2)cc1. The molecule has 2 N–H and O–H groups in total. The first kappa shape index (κ1) is 17.3. The van der Waals surface area contributed by atoms with Gasteiger partial charge in [0.15, 0.2) is 0 Å². The molecule has 2 aromatic rings. The largest absolute Gasteiger partial charge is 0.493 e. The predicted octanol–water partition coefficient (Wildman–Crippen LogP) is 4.94. The zero-order valence-electron chi connectivity index (χ0n) is 14.8. The molecule has 0 aromatic heterocycles. The molecule has 0 atom stereocenters. The normalized spacial score (nSPS) is 14.3. The number of carbonyl (C=O) groups is 1. The third-order valence-electron chi connectivity index (χ3n) is 4.64. The molecule has 0 spiro atoms. The Kier molecular flexibility index (Phi) is 5.94. The quantitative estimate of drug-likeness (QED) is 0.752. The van der Waals surface area contributed by atoms with Gasteiger partial charge in [-0.1, -0.05) is 25.0 Å². The maximum absolute atomic E-state index is 12.5. The number of nitrogens with one attached hydrogen (secondary N) is 2. The van der Waals surface area contributed by atoms with Gasteiger partial charge in [0.2, 0.25) is 0 Å². The van der Waals surface area contributed by atoms with Gasteiger partial charge in [0.25, 0.3) is 5.91 Å². The molecule has 1 fully saturated rings. The number of anilines is 2. The van der Waals surface area contributed by atoms with Crippen molar-refractivity contribution in [2.75, 3.05) is 23.8 Å². The Bertz CT molecular complexity index is 691. The van der Waals surface area contributed by atoms with Crippen LogP contribution in [0.2, 0.25) is 0 Å². The van der Waals surface area contributed by atoms with Gasteiger partial charge in [-0.2, -0.15) is 0 Å². The maximum Gasteiger partial charge on any atom is 0.259 e. The predicted molar refractivity (Wildman–Crippen MR) is 102 cm³/mol. The zero-order chi connectivity index (χ0) is 17.5. The van der Waals surface area contributed by atoms with Crippen LogP contribution in [0.3, 0.4) is 0 Å². The van der Waals surface area contributed by atoms with Crippen molar-refractivity contribution in [2.24, 2.45) is 5.92 Å². The minimum absolute atomic E-state index is 0.157. The Labute approximate surface area is 149 Å². The Morgan fingerprint density at radius 3 is 2.44 bits per heavy atom. The van der Waals surface area contributed by atoms with Crippen molar-refractivity contribution in [3.8, 4) is 5.75 Å². The van der Waals surface area contributed by atoms with E-state index in [-0.39, 0.29) is 5.91 Å². The van der Waals surface area contributed by atoms with Crippen LogP contribution in [0, 0.1) is 5.92 Å². The Hall–Kier alpha value is -2.49. The molecule has 0 unspecified atom stereocenters. The van der Waals surface area contributed by atoms with Gasteiger partial charge in [0, 0.05) is 17.9 Å². The number of ether oxygens (including phenoxy) is 1. The van der Waals surface area contributed by atoms with Crippen molar-refractivity contribution in [1.82, 2.24) is 0 Å². The van der Waals surface area contributed by atoms with Gasteiger partial charge in [-0.25, -0.2) is 0 Å². The van der Waals surface area contributed by atoms with E-state index in [9.17, 15) is 4.79 Å².